The molecule has 0 radical (unpaired) electrons. The van der Waals surface area contributed by atoms with Crippen molar-refractivity contribution < 1.29 is 9.84 Å². The highest BCUT2D eigenvalue weighted by atomic mass is 16.5. The number of benzene rings is 2. The van der Waals surface area contributed by atoms with Gasteiger partial charge in [0.2, 0.25) is 5.88 Å². The van der Waals surface area contributed by atoms with Gasteiger partial charge < -0.3 is 9.84 Å². The van der Waals surface area contributed by atoms with Crippen LogP contribution in [0.5, 0.6) is 5.88 Å². The number of pyridine rings is 1. The Labute approximate surface area is 202 Å². The molecule has 35 heavy (non-hydrogen) atoms. The van der Waals surface area contributed by atoms with Crippen LogP contribution >= 0.6 is 0 Å². The van der Waals surface area contributed by atoms with E-state index in [0.717, 1.165) is 29.6 Å². The van der Waals surface area contributed by atoms with E-state index >= 15 is 0 Å². The van der Waals surface area contributed by atoms with Crippen LogP contribution in [0.4, 0.5) is 0 Å². The molecule has 5 rings (SSSR count). The molecule has 4 aromatic rings. The summed E-state index contributed by atoms with van der Waals surface area (Å²) in [5.74, 6) is 0.486. The Morgan fingerprint density at radius 1 is 0.971 bits per heavy atom. The SMILES string of the molecule is COc1ccc(Cn2c(=O)n(CC(O)CN3CCc4ccccc4C3)c(=O)c3ccccc32)cn1. The first-order valence-electron chi connectivity index (χ1n) is 11.7. The Balaban J connectivity index is 1.42. The van der Waals surface area contributed by atoms with E-state index in [-0.39, 0.29) is 13.1 Å². The largest absolute Gasteiger partial charge is 0.481 e. The molecule has 0 saturated carbocycles. The maximum atomic E-state index is 13.5. The number of rotatable bonds is 7. The summed E-state index contributed by atoms with van der Waals surface area (Å²) in [6.07, 6.45) is 1.71. The predicted molar refractivity (Wildman–Crippen MR) is 134 cm³/mol. The first kappa shape index (κ1) is 23.0. The summed E-state index contributed by atoms with van der Waals surface area (Å²) in [5, 5.41) is 11.3. The smallest absolute Gasteiger partial charge is 0.331 e. The highest BCUT2D eigenvalue weighted by molar-refractivity contribution is 5.77. The molecule has 1 unspecified atom stereocenters. The fraction of sp³-hybridized carbons (Fsp3) is 0.296. The maximum Gasteiger partial charge on any atom is 0.331 e. The molecule has 1 N–H and O–H groups in total. The van der Waals surface area contributed by atoms with Gasteiger partial charge in [0.1, 0.15) is 0 Å². The summed E-state index contributed by atoms with van der Waals surface area (Å²) in [7, 11) is 1.55. The van der Waals surface area contributed by atoms with Crippen molar-refractivity contribution in [1.29, 1.82) is 0 Å². The molecular weight excluding hydrogens is 444 g/mol. The summed E-state index contributed by atoms with van der Waals surface area (Å²) in [4.78, 5) is 33.1. The average Bonchev–Trinajstić information content (AvgIpc) is 2.89. The highest BCUT2D eigenvalue weighted by Crippen LogP contribution is 2.19. The molecule has 0 bridgehead atoms. The van der Waals surface area contributed by atoms with Gasteiger partial charge in [-0.3, -0.25) is 18.8 Å². The van der Waals surface area contributed by atoms with Crippen LogP contribution in [0.2, 0.25) is 0 Å². The third-order valence-electron chi connectivity index (χ3n) is 6.55. The Morgan fingerprint density at radius 2 is 1.74 bits per heavy atom. The molecule has 1 aliphatic heterocycles. The highest BCUT2D eigenvalue weighted by Gasteiger charge is 2.21. The third kappa shape index (κ3) is 4.76. The molecular formula is C27H28N4O4. The molecule has 0 saturated heterocycles. The quantitative estimate of drug-likeness (QED) is 0.443. The number of methoxy groups -OCH3 is 1. The van der Waals surface area contributed by atoms with E-state index in [4.69, 9.17) is 4.74 Å². The van der Waals surface area contributed by atoms with Crippen LogP contribution in [0.25, 0.3) is 10.9 Å². The van der Waals surface area contributed by atoms with Gasteiger partial charge in [-0.15, -0.1) is 0 Å². The van der Waals surface area contributed by atoms with Crippen molar-refractivity contribution in [2.45, 2.75) is 32.2 Å². The van der Waals surface area contributed by atoms with Gasteiger partial charge in [-0.1, -0.05) is 42.5 Å². The number of hydrogen-bond donors (Lipinski definition) is 1. The van der Waals surface area contributed by atoms with E-state index in [1.165, 1.54) is 11.1 Å². The van der Waals surface area contributed by atoms with Crippen LogP contribution in [-0.4, -0.2) is 50.4 Å². The first-order chi connectivity index (χ1) is 17.0. The van der Waals surface area contributed by atoms with Gasteiger partial charge in [-0.05, 0) is 35.2 Å². The fourth-order valence-electron chi connectivity index (χ4n) is 4.77. The van der Waals surface area contributed by atoms with Crippen molar-refractivity contribution >= 4 is 10.9 Å². The van der Waals surface area contributed by atoms with Gasteiger partial charge in [0.15, 0.2) is 0 Å². The number of aromatic nitrogens is 3. The molecule has 0 amide bonds. The molecule has 3 heterocycles. The average molecular weight is 473 g/mol. The van der Waals surface area contributed by atoms with E-state index in [9.17, 15) is 14.7 Å². The molecule has 0 spiro atoms. The van der Waals surface area contributed by atoms with Crippen molar-refractivity contribution in [2.75, 3.05) is 20.2 Å². The standard InChI is InChI=1S/C27H28N4O4/c1-35-25-11-10-19(14-28-25)15-30-24-9-5-4-8-23(24)26(33)31(27(30)34)18-22(32)17-29-13-12-20-6-2-3-7-21(20)16-29/h2-11,14,22,32H,12-13,15-18H2,1H3. The summed E-state index contributed by atoms with van der Waals surface area (Å²) < 4.78 is 7.83. The van der Waals surface area contributed by atoms with Crippen molar-refractivity contribution in [3.8, 4) is 5.88 Å². The fourth-order valence-corrected chi connectivity index (χ4v) is 4.77. The van der Waals surface area contributed by atoms with E-state index in [0.29, 0.717) is 23.3 Å². The van der Waals surface area contributed by atoms with Gasteiger partial charge >= 0.3 is 5.69 Å². The number of para-hydroxylation sites is 1. The number of aliphatic hydroxyl groups excluding tert-OH is 1. The molecule has 1 aliphatic rings. The van der Waals surface area contributed by atoms with Crippen LogP contribution in [0.15, 0.2) is 76.4 Å². The number of aliphatic hydroxyl groups is 1. The van der Waals surface area contributed by atoms with Gasteiger partial charge in [-0.25, -0.2) is 9.78 Å². The summed E-state index contributed by atoms with van der Waals surface area (Å²) in [6, 6.07) is 18.9. The lowest BCUT2D eigenvalue weighted by atomic mass is 10.00. The number of nitrogens with zero attached hydrogens (tertiary/aromatic N) is 4. The molecule has 1 atom stereocenters. The van der Waals surface area contributed by atoms with E-state index in [1.807, 2.05) is 18.2 Å². The van der Waals surface area contributed by atoms with Crippen LogP contribution in [0, 0.1) is 0 Å². The Kier molecular flexibility index (Phi) is 6.48. The summed E-state index contributed by atoms with van der Waals surface area (Å²) in [5.41, 5.74) is 3.10. The molecule has 0 fully saturated rings. The topological polar surface area (TPSA) is 89.6 Å². The van der Waals surface area contributed by atoms with Crippen LogP contribution in [0.1, 0.15) is 16.7 Å². The Bertz CT molecular complexity index is 1460. The number of fused-ring (bicyclic) bond motifs is 2. The minimum absolute atomic E-state index is 0.0679. The second-order valence-corrected chi connectivity index (χ2v) is 8.92. The Hall–Kier alpha value is -3.75. The third-order valence-corrected chi connectivity index (χ3v) is 6.55. The lowest BCUT2D eigenvalue weighted by molar-refractivity contribution is 0.0897. The van der Waals surface area contributed by atoms with Gasteiger partial charge in [-0.2, -0.15) is 0 Å². The molecule has 2 aromatic carbocycles. The second kappa shape index (κ2) is 9.85. The van der Waals surface area contributed by atoms with Crippen molar-refractivity contribution in [3.63, 3.8) is 0 Å². The molecule has 0 aliphatic carbocycles. The zero-order chi connectivity index (χ0) is 24.4. The molecule has 8 nitrogen and oxygen atoms in total. The predicted octanol–water partition coefficient (Wildman–Crippen LogP) is 2.03. The molecule has 8 heteroatoms. The normalized spacial score (nSPS) is 14.6. The van der Waals surface area contributed by atoms with E-state index < -0.39 is 17.4 Å². The minimum Gasteiger partial charge on any atom is -0.481 e. The van der Waals surface area contributed by atoms with Crippen molar-refractivity contribution in [2.24, 2.45) is 0 Å². The summed E-state index contributed by atoms with van der Waals surface area (Å²) in [6.45, 7) is 2.14. The monoisotopic (exact) mass is 472 g/mol. The van der Waals surface area contributed by atoms with Crippen LogP contribution < -0.4 is 16.0 Å². The van der Waals surface area contributed by atoms with Crippen LogP contribution in [-0.2, 0) is 26.1 Å². The molecule has 180 valence electrons. The zero-order valence-corrected chi connectivity index (χ0v) is 19.6. The number of hydrogen-bond acceptors (Lipinski definition) is 6. The summed E-state index contributed by atoms with van der Waals surface area (Å²) >= 11 is 0. The van der Waals surface area contributed by atoms with Gasteiger partial charge in [0.25, 0.3) is 5.56 Å². The lowest BCUT2D eigenvalue weighted by Gasteiger charge is -2.30. The van der Waals surface area contributed by atoms with Gasteiger partial charge in [0, 0.05) is 31.9 Å². The zero-order valence-electron chi connectivity index (χ0n) is 19.6. The van der Waals surface area contributed by atoms with Crippen molar-refractivity contribution in [3.05, 3.63) is 104 Å². The number of ether oxygens (including phenoxy) is 1. The lowest BCUT2D eigenvalue weighted by Crippen LogP contribution is -2.45. The van der Waals surface area contributed by atoms with E-state index in [2.05, 4.69) is 22.0 Å². The molecule has 2 aromatic heterocycles. The second-order valence-electron chi connectivity index (χ2n) is 8.92. The number of β-amino-alcohol motifs (C(OH)–C–C–N with tert-alkyl or cyclic N) is 1. The van der Waals surface area contributed by atoms with Gasteiger partial charge in [0.05, 0.1) is 37.2 Å². The Morgan fingerprint density at radius 3 is 2.51 bits per heavy atom. The maximum absolute atomic E-state index is 13.5. The van der Waals surface area contributed by atoms with Crippen molar-refractivity contribution in [1.82, 2.24) is 19.0 Å². The minimum atomic E-state index is -0.858. The van der Waals surface area contributed by atoms with Crippen LogP contribution in [0.3, 0.4) is 0 Å². The first-order valence-corrected chi connectivity index (χ1v) is 11.7. The van der Waals surface area contributed by atoms with E-state index in [1.54, 1.807) is 48.2 Å².